The molecule has 2 N–H and O–H groups in total. The van der Waals surface area contributed by atoms with Gasteiger partial charge in [0.2, 0.25) is 5.91 Å². The average Bonchev–Trinajstić information content (AvgIpc) is 2.75. The molecule has 0 aromatic rings. The van der Waals surface area contributed by atoms with Crippen LogP contribution in [0.2, 0.25) is 0 Å². The molecule has 1 amide bonds. The van der Waals surface area contributed by atoms with Gasteiger partial charge in [0.25, 0.3) is 0 Å². The molecule has 1 aliphatic carbocycles. The van der Waals surface area contributed by atoms with Crippen LogP contribution >= 0.6 is 0 Å². The molecule has 4 atom stereocenters. The summed E-state index contributed by atoms with van der Waals surface area (Å²) in [5.41, 5.74) is 6.39. The summed E-state index contributed by atoms with van der Waals surface area (Å²) < 4.78 is 0. The monoisotopic (exact) mass is 266 g/mol. The molecular weight excluding hydrogens is 236 g/mol. The first kappa shape index (κ1) is 14.8. The van der Waals surface area contributed by atoms with Crippen molar-refractivity contribution in [2.45, 2.75) is 59.4 Å². The van der Waals surface area contributed by atoms with Crippen molar-refractivity contribution in [1.82, 2.24) is 4.90 Å². The highest BCUT2D eigenvalue weighted by Gasteiger charge is 2.38. The number of carbonyl (C=O) groups excluding carboxylic acids is 1. The molecule has 2 aliphatic rings. The van der Waals surface area contributed by atoms with Crippen LogP contribution in [0.1, 0.15) is 53.4 Å². The summed E-state index contributed by atoms with van der Waals surface area (Å²) >= 11 is 0. The van der Waals surface area contributed by atoms with E-state index in [-0.39, 0.29) is 12.0 Å². The summed E-state index contributed by atoms with van der Waals surface area (Å²) in [7, 11) is 0. The number of hydrogen-bond donors (Lipinski definition) is 1. The Morgan fingerprint density at radius 2 is 1.89 bits per heavy atom. The molecule has 0 aromatic carbocycles. The van der Waals surface area contributed by atoms with Crippen molar-refractivity contribution in [2.75, 3.05) is 13.1 Å². The summed E-state index contributed by atoms with van der Waals surface area (Å²) in [6, 6.07) is 0.221. The Morgan fingerprint density at radius 1 is 1.21 bits per heavy atom. The second-order valence-corrected chi connectivity index (χ2v) is 7.91. The zero-order valence-corrected chi connectivity index (χ0v) is 13.0. The quantitative estimate of drug-likeness (QED) is 0.793. The smallest absolute Gasteiger partial charge is 0.225 e. The highest BCUT2D eigenvalue weighted by Crippen LogP contribution is 2.36. The number of carbonyl (C=O) groups is 1. The van der Waals surface area contributed by atoms with Crippen LogP contribution in [0.25, 0.3) is 0 Å². The second kappa shape index (κ2) is 5.43. The van der Waals surface area contributed by atoms with Crippen LogP contribution in [0.5, 0.6) is 0 Å². The highest BCUT2D eigenvalue weighted by molar-refractivity contribution is 5.79. The third-order valence-corrected chi connectivity index (χ3v) is 5.05. The van der Waals surface area contributed by atoms with Gasteiger partial charge in [0.05, 0.1) is 0 Å². The molecule has 0 radical (unpaired) electrons. The van der Waals surface area contributed by atoms with E-state index in [0.29, 0.717) is 23.2 Å². The molecule has 0 spiro atoms. The Labute approximate surface area is 117 Å². The van der Waals surface area contributed by atoms with Crippen LogP contribution in [-0.4, -0.2) is 29.9 Å². The first-order chi connectivity index (χ1) is 8.77. The summed E-state index contributed by atoms with van der Waals surface area (Å²) in [5.74, 6) is 1.79. The molecule has 3 heteroatoms. The zero-order chi connectivity index (χ0) is 14.2. The summed E-state index contributed by atoms with van der Waals surface area (Å²) in [6.07, 6.45) is 4.15. The molecule has 3 nitrogen and oxygen atoms in total. The van der Waals surface area contributed by atoms with E-state index in [1.165, 1.54) is 0 Å². The van der Waals surface area contributed by atoms with Crippen molar-refractivity contribution in [3.8, 4) is 0 Å². The van der Waals surface area contributed by atoms with Crippen LogP contribution in [0.3, 0.4) is 0 Å². The van der Waals surface area contributed by atoms with Gasteiger partial charge in [-0.25, -0.2) is 0 Å². The third kappa shape index (κ3) is 3.50. The van der Waals surface area contributed by atoms with E-state index in [1.807, 2.05) is 0 Å². The molecule has 1 aliphatic heterocycles. The average molecular weight is 266 g/mol. The topological polar surface area (TPSA) is 46.3 Å². The normalized spacial score (nSPS) is 36.6. The molecule has 1 heterocycles. The minimum absolute atomic E-state index is 0.178. The number of nitrogens with zero attached hydrogens (tertiary/aromatic N) is 1. The summed E-state index contributed by atoms with van der Waals surface area (Å²) in [5, 5.41) is 0. The van der Waals surface area contributed by atoms with Crippen molar-refractivity contribution >= 4 is 5.91 Å². The SMILES string of the molecule is CC1CC(N)CC(C(=O)N2CCC(C(C)(C)C)C2)C1. The van der Waals surface area contributed by atoms with E-state index in [1.54, 1.807) is 0 Å². The number of rotatable bonds is 1. The molecule has 4 unspecified atom stereocenters. The predicted octanol–water partition coefficient (Wildman–Crippen LogP) is 2.64. The van der Waals surface area contributed by atoms with E-state index in [9.17, 15) is 4.79 Å². The Hall–Kier alpha value is -0.570. The Bertz CT molecular complexity index is 324. The molecule has 0 bridgehead atoms. The minimum Gasteiger partial charge on any atom is -0.342 e. The molecule has 2 rings (SSSR count). The highest BCUT2D eigenvalue weighted by atomic mass is 16.2. The molecule has 19 heavy (non-hydrogen) atoms. The molecule has 2 fully saturated rings. The summed E-state index contributed by atoms with van der Waals surface area (Å²) in [6.45, 7) is 11.0. The van der Waals surface area contributed by atoms with Crippen molar-refractivity contribution in [2.24, 2.45) is 28.9 Å². The van der Waals surface area contributed by atoms with Crippen LogP contribution < -0.4 is 5.73 Å². The number of amides is 1. The minimum atomic E-state index is 0.178. The van der Waals surface area contributed by atoms with Gasteiger partial charge in [-0.3, -0.25) is 4.79 Å². The van der Waals surface area contributed by atoms with Gasteiger partial charge < -0.3 is 10.6 Å². The predicted molar refractivity (Wildman–Crippen MR) is 78.6 cm³/mol. The van der Waals surface area contributed by atoms with Crippen molar-refractivity contribution in [3.63, 3.8) is 0 Å². The maximum Gasteiger partial charge on any atom is 0.225 e. The number of nitrogens with two attached hydrogens (primary N) is 1. The lowest BCUT2D eigenvalue weighted by molar-refractivity contribution is -0.136. The van der Waals surface area contributed by atoms with Crippen LogP contribution in [0.15, 0.2) is 0 Å². The lowest BCUT2D eigenvalue weighted by Crippen LogP contribution is -2.42. The first-order valence-electron chi connectivity index (χ1n) is 7.81. The van der Waals surface area contributed by atoms with Gasteiger partial charge in [-0.15, -0.1) is 0 Å². The van der Waals surface area contributed by atoms with Gasteiger partial charge >= 0.3 is 0 Å². The van der Waals surface area contributed by atoms with Crippen LogP contribution in [-0.2, 0) is 4.79 Å². The molecule has 1 saturated heterocycles. The number of likely N-dealkylation sites (tertiary alicyclic amines) is 1. The maximum atomic E-state index is 12.6. The van der Waals surface area contributed by atoms with Gasteiger partial charge in [0.15, 0.2) is 0 Å². The van der Waals surface area contributed by atoms with E-state index in [4.69, 9.17) is 5.73 Å². The van der Waals surface area contributed by atoms with Crippen LogP contribution in [0.4, 0.5) is 0 Å². The Morgan fingerprint density at radius 3 is 2.42 bits per heavy atom. The van der Waals surface area contributed by atoms with Gasteiger partial charge in [-0.05, 0) is 42.9 Å². The van der Waals surface area contributed by atoms with Crippen LogP contribution in [0, 0.1) is 23.2 Å². The fourth-order valence-electron chi connectivity index (χ4n) is 3.78. The standard InChI is InChI=1S/C16H30N2O/c1-11-7-12(9-14(17)8-11)15(19)18-6-5-13(10-18)16(2,3)4/h11-14H,5-10,17H2,1-4H3. The third-order valence-electron chi connectivity index (χ3n) is 5.05. The molecule has 1 saturated carbocycles. The fourth-order valence-corrected chi connectivity index (χ4v) is 3.78. The van der Waals surface area contributed by atoms with Crippen molar-refractivity contribution in [3.05, 3.63) is 0 Å². The lowest BCUT2D eigenvalue weighted by atomic mass is 9.79. The van der Waals surface area contributed by atoms with Gasteiger partial charge in [-0.1, -0.05) is 27.7 Å². The summed E-state index contributed by atoms with van der Waals surface area (Å²) in [4.78, 5) is 14.7. The largest absolute Gasteiger partial charge is 0.342 e. The second-order valence-electron chi connectivity index (χ2n) is 7.91. The first-order valence-corrected chi connectivity index (χ1v) is 7.81. The Balaban J connectivity index is 1.94. The van der Waals surface area contributed by atoms with Gasteiger partial charge in [-0.2, -0.15) is 0 Å². The Kier molecular flexibility index (Phi) is 4.24. The van der Waals surface area contributed by atoms with Crippen molar-refractivity contribution < 1.29 is 4.79 Å². The maximum absolute atomic E-state index is 12.6. The van der Waals surface area contributed by atoms with Crippen molar-refractivity contribution in [1.29, 1.82) is 0 Å². The molecular formula is C16H30N2O. The molecule has 110 valence electrons. The number of hydrogen-bond acceptors (Lipinski definition) is 2. The lowest BCUT2D eigenvalue weighted by Gasteiger charge is -2.33. The molecule has 0 aromatic heterocycles. The van der Waals surface area contributed by atoms with E-state index >= 15 is 0 Å². The van der Waals surface area contributed by atoms with Gasteiger partial charge in [0.1, 0.15) is 0 Å². The van der Waals surface area contributed by atoms with Gasteiger partial charge in [0, 0.05) is 25.0 Å². The zero-order valence-electron chi connectivity index (χ0n) is 13.0. The van der Waals surface area contributed by atoms with E-state index < -0.39 is 0 Å². The fraction of sp³-hybridized carbons (Fsp3) is 0.938. The van der Waals surface area contributed by atoms with E-state index in [2.05, 4.69) is 32.6 Å². The van der Waals surface area contributed by atoms with E-state index in [0.717, 1.165) is 38.8 Å².